The van der Waals surface area contributed by atoms with Crippen LogP contribution in [0.3, 0.4) is 0 Å². The molecule has 2 atom stereocenters. The van der Waals surface area contributed by atoms with Crippen molar-refractivity contribution in [3.63, 3.8) is 0 Å². The van der Waals surface area contributed by atoms with Gasteiger partial charge in [-0.2, -0.15) is 0 Å². The number of hydrogen-bond acceptors (Lipinski definition) is 4. The molecule has 4 N–H and O–H groups in total. The van der Waals surface area contributed by atoms with Crippen LogP contribution in [0.5, 0.6) is 0 Å². The summed E-state index contributed by atoms with van der Waals surface area (Å²) in [6.45, 7) is 0. The van der Waals surface area contributed by atoms with Gasteiger partial charge in [-0.05, 0) is 43.9 Å². The highest BCUT2D eigenvalue weighted by Crippen LogP contribution is 2.41. The summed E-state index contributed by atoms with van der Waals surface area (Å²) in [4.78, 5) is 14.0. The molecule has 2 aliphatic heterocycles. The Morgan fingerprint density at radius 2 is 2.00 bits per heavy atom. The Balaban J connectivity index is 1.90. The number of nitrogens with one attached hydrogen (secondary N) is 1. The molecule has 0 aromatic heterocycles. The van der Waals surface area contributed by atoms with E-state index < -0.39 is 0 Å². The number of fused-ring (bicyclic) bond motifs is 2. The molecule has 2 unspecified atom stereocenters. The summed E-state index contributed by atoms with van der Waals surface area (Å²) in [5.41, 5.74) is 8.36. The van der Waals surface area contributed by atoms with E-state index >= 15 is 0 Å². The minimum atomic E-state index is -0.185. The summed E-state index contributed by atoms with van der Waals surface area (Å²) in [6, 6.07) is 6.23. The van der Waals surface area contributed by atoms with Gasteiger partial charge < -0.3 is 21.1 Å². The molecule has 2 heterocycles. The number of anilines is 2. The van der Waals surface area contributed by atoms with E-state index in [0.717, 1.165) is 31.4 Å². The van der Waals surface area contributed by atoms with E-state index in [9.17, 15) is 9.90 Å². The van der Waals surface area contributed by atoms with Gasteiger partial charge in [-0.3, -0.25) is 4.79 Å². The largest absolute Gasteiger partial charge is 0.397 e. The fourth-order valence-electron chi connectivity index (χ4n) is 3.62. The average Bonchev–Trinajstić information content (AvgIpc) is 2.69. The molecule has 0 saturated carbocycles. The van der Waals surface area contributed by atoms with Crippen LogP contribution >= 0.6 is 0 Å². The van der Waals surface area contributed by atoms with Gasteiger partial charge in [-0.25, -0.2) is 0 Å². The number of benzene rings is 1. The number of nitrogen functional groups attached to an aromatic ring is 1. The fraction of sp³-hybridized carbons (Fsp3) is 0.533. The number of piperidine rings is 1. The van der Waals surface area contributed by atoms with Gasteiger partial charge in [0.2, 0.25) is 0 Å². The van der Waals surface area contributed by atoms with Crippen molar-refractivity contribution in [2.75, 3.05) is 17.7 Å². The highest BCUT2D eigenvalue weighted by atomic mass is 16.3. The van der Waals surface area contributed by atoms with E-state index in [1.807, 2.05) is 12.1 Å². The Hall–Kier alpha value is -1.75. The number of hydrogen-bond donors (Lipinski definition) is 3. The zero-order valence-electron chi connectivity index (χ0n) is 11.7. The van der Waals surface area contributed by atoms with Crippen molar-refractivity contribution in [1.82, 2.24) is 5.32 Å². The number of carbonyl (C=O) groups is 1. The molecule has 2 saturated heterocycles. The number of rotatable bonds is 2. The lowest BCUT2D eigenvalue weighted by molar-refractivity contribution is 0.0963. The molecule has 2 aliphatic rings. The summed E-state index contributed by atoms with van der Waals surface area (Å²) in [6.07, 6.45) is 3.66. The predicted molar refractivity (Wildman–Crippen MR) is 78.8 cm³/mol. The highest BCUT2D eigenvalue weighted by molar-refractivity contribution is 5.96. The number of carbonyl (C=O) groups excluding carboxylic acids is 1. The summed E-state index contributed by atoms with van der Waals surface area (Å²) >= 11 is 0. The van der Waals surface area contributed by atoms with Crippen LogP contribution in [-0.2, 0) is 0 Å². The van der Waals surface area contributed by atoms with Crippen molar-refractivity contribution in [2.24, 2.45) is 0 Å². The topological polar surface area (TPSA) is 78.6 Å². The van der Waals surface area contributed by atoms with Crippen LogP contribution in [0.1, 0.15) is 36.0 Å². The van der Waals surface area contributed by atoms with Crippen LogP contribution in [0.2, 0.25) is 0 Å². The Kier molecular flexibility index (Phi) is 3.30. The highest BCUT2D eigenvalue weighted by Gasteiger charge is 2.40. The second kappa shape index (κ2) is 4.98. The van der Waals surface area contributed by atoms with E-state index in [0.29, 0.717) is 23.3 Å². The molecule has 1 aromatic rings. The molecule has 20 heavy (non-hydrogen) atoms. The van der Waals surface area contributed by atoms with E-state index in [1.54, 1.807) is 13.1 Å². The second-order valence-electron chi connectivity index (χ2n) is 5.77. The number of nitrogens with zero attached hydrogens (tertiary/aromatic N) is 1. The average molecular weight is 275 g/mol. The molecular weight excluding hydrogens is 254 g/mol. The molecule has 0 aliphatic carbocycles. The molecule has 2 fully saturated rings. The molecule has 0 radical (unpaired) electrons. The van der Waals surface area contributed by atoms with Crippen LogP contribution in [0.4, 0.5) is 11.4 Å². The van der Waals surface area contributed by atoms with Crippen LogP contribution in [0.25, 0.3) is 0 Å². The van der Waals surface area contributed by atoms with E-state index in [-0.39, 0.29) is 12.0 Å². The van der Waals surface area contributed by atoms with E-state index in [1.165, 1.54) is 0 Å². The zero-order valence-corrected chi connectivity index (χ0v) is 11.7. The first-order chi connectivity index (χ1) is 9.60. The Labute approximate surface area is 118 Å². The molecule has 5 nitrogen and oxygen atoms in total. The molecule has 1 aromatic carbocycles. The number of aliphatic hydroxyl groups is 1. The quantitative estimate of drug-likeness (QED) is 0.707. The lowest BCUT2D eigenvalue weighted by Crippen LogP contribution is -2.45. The van der Waals surface area contributed by atoms with Crippen molar-refractivity contribution >= 4 is 17.3 Å². The number of nitrogens with two attached hydrogens (primary N) is 1. The summed E-state index contributed by atoms with van der Waals surface area (Å²) in [5.74, 6) is -0.125. The summed E-state index contributed by atoms with van der Waals surface area (Å²) in [5, 5.41) is 12.5. The van der Waals surface area contributed by atoms with Crippen LogP contribution in [0, 0.1) is 0 Å². The van der Waals surface area contributed by atoms with Gasteiger partial charge in [0.25, 0.3) is 5.91 Å². The first-order valence-electron chi connectivity index (χ1n) is 7.18. The van der Waals surface area contributed by atoms with Crippen LogP contribution in [-0.4, -0.2) is 36.2 Å². The third-order valence-corrected chi connectivity index (χ3v) is 4.50. The third-order valence-electron chi connectivity index (χ3n) is 4.50. The van der Waals surface area contributed by atoms with Gasteiger partial charge in [0.1, 0.15) is 0 Å². The fourth-order valence-corrected chi connectivity index (χ4v) is 3.62. The predicted octanol–water partition coefficient (Wildman–Crippen LogP) is 1.12. The van der Waals surface area contributed by atoms with Gasteiger partial charge in [0.15, 0.2) is 0 Å². The third kappa shape index (κ3) is 2.12. The standard InChI is InChI=1S/C15H21N3O2/c1-17-15(20)9-2-5-14(13(16)6-9)18-10-3-4-11(18)8-12(19)7-10/h2,5-6,10-12,19H,3-4,7-8,16H2,1H3,(H,17,20). The SMILES string of the molecule is CNC(=O)c1ccc(N2C3CCC2CC(O)C3)c(N)c1. The maximum absolute atomic E-state index is 11.6. The molecule has 2 bridgehead atoms. The second-order valence-corrected chi connectivity index (χ2v) is 5.77. The first-order valence-corrected chi connectivity index (χ1v) is 7.18. The summed E-state index contributed by atoms with van der Waals surface area (Å²) in [7, 11) is 1.61. The minimum Gasteiger partial charge on any atom is -0.397 e. The normalized spacial score (nSPS) is 28.5. The maximum atomic E-state index is 11.6. The number of amides is 1. The van der Waals surface area contributed by atoms with Gasteiger partial charge in [-0.15, -0.1) is 0 Å². The Bertz CT molecular complexity index is 518. The lowest BCUT2D eigenvalue weighted by atomic mass is 9.98. The van der Waals surface area contributed by atoms with Gasteiger partial charge in [0.05, 0.1) is 17.5 Å². The molecule has 1 amide bonds. The lowest BCUT2D eigenvalue weighted by Gasteiger charge is -2.39. The van der Waals surface area contributed by atoms with Gasteiger partial charge >= 0.3 is 0 Å². The van der Waals surface area contributed by atoms with Crippen LogP contribution in [0.15, 0.2) is 18.2 Å². The van der Waals surface area contributed by atoms with Crippen molar-refractivity contribution in [1.29, 1.82) is 0 Å². The zero-order chi connectivity index (χ0) is 14.3. The monoisotopic (exact) mass is 275 g/mol. The van der Waals surface area contributed by atoms with E-state index in [4.69, 9.17) is 5.73 Å². The molecular formula is C15H21N3O2. The van der Waals surface area contributed by atoms with Crippen molar-refractivity contribution in [3.8, 4) is 0 Å². The van der Waals surface area contributed by atoms with Crippen LogP contribution < -0.4 is 16.0 Å². The van der Waals surface area contributed by atoms with Crippen molar-refractivity contribution in [3.05, 3.63) is 23.8 Å². The molecule has 0 spiro atoms. The Morgan fingerprint density at radius 3 is 2.55 bits per heavy atom. The summed E-state index contributed by atoms with van der Waals surface area (Å²) < 4.78 is 0. The molecule has 3 rings (SSSR count). The van der Waals surface area contributed by atoms with Crippen molar-refractivity contribution < 1.29 is 9.90 Å². The van der Waals surface area contributed by atoms with Gasteiger partial charge in [0, 0.05) is 24.7 Å². The minimum absolute atomic E-state index is 0.125. The maximum Gasteiger partial charge on any atom is 0.251 e. The Morgan fingerprint density at radius 1 is 1.35 bits per heavy atom. The smallest absolute Gasteiger partial charge is 0.251 e. The van der Waals surface area contributed by atoms with Crippen molar-refractivity contribution in [2.45, 2.75) is 43.9 Å². The van der Waals surface area contributed by atoms with Gasteiger partial charge in [-0.1, -0.05) is 0 Å². The number of aliphatic hydroxyl groups excluding tert-OH is 1. The first kappa shape index (κ1) is 13.2. The van der Waals surface area contributed by atoms with E-state index in [2.05, 4.69) is 10.2 Å². The molecule has 5 heteroatoms. The molecule has 108 valence electrons.